The lowest BCUT2D eigenvalue weighted by atomic mass is 9.78. The third-order valence-corrected chi connectivity index (χ3v) is 12.1. The van der Waals surface area contributed by atoms with E-state index in [0.29, 0.717) is 0 Å². The summed E-state index contributed by atoms with van der Waals surface area (Å²) in [6, 6.07) is 27.4. The molecule has 0 N–H and O–H groups in total. The van der Waals surface area contributed by atoms with Crippen LogP contribution in [0.25, 0.3) is 0 Å². The fraction of sp³-hybridized carbons (Fsp3) is 0.520. The van der Waals surface area contributed by atoms with Gasteiger partial charge in [-0.05, 0) is 175 Å². The van der Waals surface area contributed by atoms with Crippen LogP contribution in [0.3, 0.4) is 0 Å². The summed E-state index contributed by atoms with van der Waals surface area (Å²) in [5, 5.41) is 0. The smallest absolute Gasteiger partial charge is 0.0159 e. The lowest BCUT2D eigenvalue weighted by Crippen LogP contribution is -2.10. The standard InChI is InChI=1S/C14H20.C13H18.C12H16.C11H14/c1-11-8-9-12(2)14(10-11)13-6-4-3-5-7-13;1-10-7-8-11(2)13(9-10)12-5-3-4-6-12;1-9-6-7-10(2)12(8-9)11-4-3-5-11;1-8-3-4-9(2)11(7-8)10-5-6-10/h8-10,13H,3-7H2,1-2H3;7-9,12H,3-6H2,1-2H3;6-8,11H,3-5H2,1-2H3;3-4,7,10H,5-6H2,1-2H3. The Labute approximate surface area is 307 Å². The van der Waals surface area contributed by atoms with Crippen LogP contribution in [0.5, 0.6) is 0 Å². The van der Waals surface area contributed by atoms with Crippen LogP contribution in [0.15, 0.2) is 72.8 Å². The van der Waals surface area contributed by atoms with E-state index in [4.69, 9.17) is 0 Å². The molecule has 0 unspecified atom stereocenters. The van der Waals surface area contributed by atoms with Crippen molar-refractivity contribution in [3.8, 4) is 0 Å². The number of aryl methyl sites for hydroxylation is 8. The molecule has 0 amide bonds. The molecule has 4 aromatic carbocycles. The summed E-state index contributed by atoms with van der Waals surface area (Å²) in [5.74, 6) is 3.49. The Hall–Kier alpha value is -3.12. The van der Waals surface area contributed by atoms with E-state index in [-0.39, 0.29) is 0 Å². The minimum Gasteiger partial charge on any atom is -0.0590 e. The molecule has 4 fully saturated rings. The molecule has 8 rings (SSSR count). The van der Waals surface area contributed by atoms with Crippen molar-refractivity contribution in [2.24, 2.45) is 0 Å². The Morgan fingerprint density at radius 2 is 0.520 bits per heavy atom. The fourth-order valence-corrected chi connectivity index (χ4v) is 8.56. The second-order valence-corrected chi connectivity index (χ2v) is 16.7. The van der Waals surface area contributed by atoms with Gasteiger partial charge in [0.25, 0.3) is 0 Å². The second-order valence-electron chi connectivity index (χ2n) is 16.7. The predicted octanol–water partition coefficient (Wildman–Crippen LogP) is 15.1. The van der Waals surface area contributed by atoms with Crippen molar-refractivity contribution in [1.82, 2.24) is 0 Å². The molecule has 4 aliphatic carbocycles. The normalized spacial score (nSPS) is 17.8. The summed E-state index contributed by atoms with van der Waals surface area (Å²) in [6.07, 6.45) is 19.8. The maximum absolute atomic E-state index is 2.39. The topological polar surface area (TPSA) is 0 Å². The van der Waals surface area contributed by atoms with Gasteiger partial charge in [0.1, 0.15) is 0 Å². The first-order valence-electron chi connectivity index (χ1n) is 20.4. The minimum absolute atomic E-state index is 0.851. The van der Waals surface area contributed by atoms with Crippen LogP contribution >= 0.6 is 0 Å². The molecule has 268 valence electrons. The highest BCUT2D eigenvalue weighted by Crippen LogP contribution is 2.42. The Morgan fingerprint density at radius 1 is 0.280 bits per heavy atom. The maximum atomic E-state index is 2.39. The van der Waals surface area contributed by atoms with Crippen LogP contribution in [-0.2, 0) is 0 Å². The van der Waals surface area contributed by atoms with Gasteiger partial charge in [0.05, 0.1) is 0 Å². The van der Waals surface area contributed by atoms with Crippen LogP contribution in [0.1, 0.15) is 180 Å². The molecule has 4 aliphatic rings. The van der Waals surface area contributed by atoms with Gasteiger partial charge >= 0.3 is 0 Å². The van der Waals surface area contributed by atoms with Crippen molar-refractivity contribution < 1.29 is 0 Å². The lowest BCUT2D eigenvalue weighted by Gasteiger charge is -2.27. The van der Waals surface area contributed by atoms with Crippen LogP contribution in [0.4, 0.5) is 0 Å². The first-order chi connectivity index (χ1) is 24.1. The third-order valence-electron chi connectivity index (χ3n) is 12.1. The van der Waals surface area contributed by atoms with E-state index in [2.05, 4.69) is 128 Å². The molecule has 0 atom stereocenters. The first-order valence-corrected chi connectivity index (χ1v) is 20.4. The van der Waals surface area contributed by atoms with Crippen LogP contribution in [0.2, 0.25) is 0 Å². The molecule has 0 radical (unpaired) electrons. The zero-order valence-corrected chi connectivity index (χ0v) is 33.1. The Balaban J connectivity index is 0.000000130. The van der Waals surface area contributed by atoms with E-state index in [0.717, 1.165) is 23.7 Å². The summed E-state index contributed by atoms with van der Waals surface area (Å²) in [7, 11) is 0. The lowest BCUT2D eigenvalue weighted by molar-refractivity contribution is 0.418. The first kappa shape index (κ1) is 38.1. The van der Waals surface area contributed by atoms with Crippen molar-refractivity contribution in [3.05, 3.63) is 140 Å². The van der Waals surface area contributed by atoms with Gasteiger partial charge in [0, 0.05) is 0 Å². The molecule has 4 aromatic rings. The molecular weight excluding hydrogens is 601 g/mol. The Kier molecular flexibility index (Phi) is 14.0. The molecule has 0 bridgehead atoms. The largest absolute Gasteiger partial charge is 0.0590 e. The van der Waals surface area contributed by atoms with Crippen LogP contribution in [-0.4, -0.2) is 0 Å². The van der Waals surface area contributed by atoms with E-state index < -0.39 is 0 Å². The molecule has 0 aliphatic heterocycles. The van der Waals surface area contributed by atoms with Crippen molar-refractivity contribution in [1.29, 1.82) is 0 Å². The summed E-state index contributed by atoms with van der Waals surface area (Å²) < 4.78 is 0. The summed E-state index contributed by atoms with van der Waals surface area (Å²) in [4.78, 5) is 0. The number of hydrogen-bond acceptors (Lipinski definition) is 0. The van der Waals surface area contributed by atoms with Crippen LogP contribution < -0.4 is 0 Å². The van der Waals surface area contributed by atoms with Crippen LogP contribution in [0, 0.1) is 55.4 Å². The molecule has 0 nitrogen and oxygen atoms in total. The van der Waals surface area contributed by atoms with Gasteiger partial charge < -0.3 is 0 Å². The van der Waals surface area contributed by atoms with Gasteiger partial charge in [-0.1, -0.05) is 134 Å². The second kappa shape index (κ2) is 18.4. The molecular formula is C50H68. The Bertz CT molecular complexity index is 1650. The van der Waals surface area contributed by atoms with Gasteiger partial charge in [-0.3, -0.25) is 0 Å². The van der Waals surface area contributed by atoms with E-state index in [1.807, 2.05) is 0 Å². The molecule has 0 heteroatoms. The van der Waals surface area contributed by atoms with Gasteiger partial charge in [-0.15, -0.1) is 0 Å². The van der Waals surface area contributed by atoms with Crippen molar-refractivity contribution in [3.63, 3.8) is 0 Å². The highest BCUT2D eigenvalue weighted by molar-refractivity contribution is 5.37. The number of hydrogen-bond donors (Lipinski definition) is 0. The molecule has 0 spiro atoms. The Morgan fingerprint density at radius 3 is 0.760 bits per heavy atom. The molecule has 0 saturated heterocycles. The van der Waals surface area contributed by atoms with Gasteiger partial charge in [-0.25, -0.2) is 0 Å². The zero-order valence-electron chi connectivity index (χ0n) is 33.1. The SMILES string of the molecule is Cc1ccc(C)c(C2CC2)c1.Cc1ccc(C)c(C2CCC2)c1.Cc1ccc(C)c(C2CCCC2)c1.Cc1ccc(C)c(C2CCCCC2)c1. The molecule has 50 heavy (non-hydrogen) atoms. The van der Waals surface area contributed by atoms with E-state index in [1.165, 1.54) is 134 Å². The maximum Gasteiger partial charge on any atom is -0.0159 e. The molecule has 4 saturated carbocycles. The van der Waals surface area contributed by atoms with Gasteiger partial charge in [0.2, 0.25) is 0 Å². The summed E-state index contributed by atoms with van der Waals surface area (Å²) in [5.41, 5.74) is 18.0. The van der Waals surface area contributed by atoms with E-state index in [1.54, 1.807) is 22.3 Å². The summed E-state index contributed by atoms with van der Waals surface area (Å²) in [6.45, 7) is 17.7. The predicted molar refractivity (Wildman–Crippen MR) is 219 cm³/mol. The van der Waals surface area contributed by atoms with Gasteiger partial charge in [-0.2, -0.15) is 0 Å². The van der Waals surface area contributed by atoms with Crippen molar-refractivity contribution in [2.45, 2.75) is 169 Å². The van der Waals surface area contributed by atoms with E-state index in [9.17, 15) is 0 Å². The quantitative estimate of drug-likeness (QED) is 0.203. The third kappa shape index (κ3) is 10.9. The molecule has 0 aromatic heterocycles. The van der Waals surface area contributed by atoms with E-state index >= 15 is 0 Å². The highest BCUT2D eigenvalue weighted by Gasteiger charge is 2.25. The fourth-order valence-electron chi connectivity index (χ4n) is 8.56. The van der Waals surface area contributed by atoms with Crippen molar-refractivity contribution in [2.75, 3.05) is 0 Å². The van der Waals surface area contributed by atoms with Crippen molar-refractivity contribution >= 4 is 0 Å². The number of rotatable bonds is 4. The average molecular weight is 669 g/mol. The monoisotopic (exact) mass is 669 g/mol. The molecule has 0 heterocycles. The average Bonchev–Trinajstić information content (AvgIpc) is 3.79. The highest BCUT2D eigenvalue weighted by atomic mass is 14.3. The summed E-state index contributed by atoms with van der Waals surface area (Å²) >= 11 is 0. The minimum atomic E-state index is 0.851. The number of benzene rings is 4. The zero-order chi connectivity index (χ0) is 35.6. The van der Waals surface area contributed by atoms with Gasteiger partial charge in [0.15, 0.2) is 0 Å².